The van der Waals surface area contributed by atoms with Crippen LogP contribution >= 0.6 is 31.9 Å². The first-order chi connectivity index (χ1) is 12.6. The fraction of sp³-hybridized carbons (Fsp3) is 0.222. The first-order valence-corrected chi connectivity index (χ1v) is 9.28. The Bertz CT molecular complexity index is 925. The number of hydrogen-bond acceptors (Lipinski definition) is 6. The van der Waals surface area contributed by atoms with E-state index in [1.807, 2.05) is 24.3 Å². The van der Waals surface area contributed by atoms with E-state index < -0.39 is 0 Å². The lowest BCUT2D eigenvalue weighted by molar-refractivity contribution is 0.324. The van der Waals surface area contributed by atoms with Crippen molar-refractivity contribution in [3.63, 3.8) is 0 Å². The first kappa shape index (κ1) is 18.7. The molecule has 1 N–H and O–H groups in total. The van der Waals surface area contributed by atoms with Gasteiger partial charge in [-0.3, -0.25) is 0 Å². The Morgan fingerprint density at radius 1 is 0.923 bits per heavy atom. The maximum absolute atomic E-state index is 5.40. The quantitative estimate of drug-likeness (QED) is 0.544. The molecule has 0 saturated heterocycles. The fourth-order valence-electron chi connectivity index (χ4n) is 2.66. The second-order valence-corrected chi connectivity index (χ2v) is 7.16. The van der Waals surface area contributed by atoms with Crippen LogP contribution in [-0.4, -0.2) is 31.3 Å². The highest BCUT2D eigenvalue weighted by atomic mass is 79.9. The van der Waals surface area contributed by atoms with Gasteiger partial charge in [0, 0.05) is 20.9 Å². The summed E-state index contributed by atoms with van der Waals surface area (Å²) < 4.78 is 18.0. The molecule has 0 aliphatic carbocycles. The van der Waals surface area contributed by atoms with E-state index >= 15 is 0 Å². The molecule has 0 fully saturated rings. The minimum absolute atomic E-state index is 0.535. The number of ether oxygens (including phenoxy) is 3. The van der Waals surface area contributed by atoms with Crippen molar-refractivity contribution >= 4 is 48.6 Å². The maximum atomic E-state index is 5.40. The summed E-state index contributed by atoms with van der Waals surface area (Å²) in [5, 5.41) is 4.27. The van der Waals surface area contributed by atoms with E-state index in [-0.39, 0.29) is 0 Å². The molecule has 1 heterocycles. The average Bonchev–Trinajstić information content (AvgIpc) is 2.65. The fourth-order valence-corrected chi connectivity index (χ4v) is 3.98. The zero-order valence-corrected chi connectivity index (χ0v) is 17.6. The Morgan fingerprint density at radius 2 is 1.62 bits per heavy atom. The standard InChI is InChI=1S/C18H17Br2N3O3/c1-24-14-4-10(5-15(25-2)17(14)26-3)8-21-18-12-6-11(19)7-13(20)16(12)22-9-23-18/h4-7,9H,8H2,1-3H3,(H,21,22,23). The highest BCUT2D eigenvalue weighted by Crippen LogP contribution is 2.38. The Morgan fingerprint density at radius 3 is 2.23 bits per heavy atom. The second kappa shape index (κ2) is 8.09. The average molecular weight is 483 g/mol. The summed E-state index contributed by atoms with van der Waals surface area (Å²) in [6.45, 7) is 0.535. The Kier molecular flexibility index (Phi) is 5.83. The third kappa shape index (κ3) is 3.71. The summed E-state index contributed by atoms with van der Waals surface area (Å²) >= 11 is 7.04. The molecule has 0 spiro atoms. The van der Waals surface area contributed by atoms with Gasteiger partial charge in [0.05, 0.1) is 26.8 Å². The van der Waals surface area contributed by atoms with Crippen molar-refractivity contribution in [3.05, 3.63) is 45.1 Å². The summed E-state index contributed by atoms with van der Waals surface area (Å²) in [6.07, 6.45) is 1.54. The number of methoxy groups -OCH3 is 3. The van der Waals surface area contributed by atoms with Gasteiger partial charge in [0.1, 0.15) is 12.1 Å². The molecule has 1 aromatic heterocycles. The predicted molar refractivity (Wildman–Crippen MR) is 108 cm³/mol. The van der Waals surface area contributed by atoms with Crippen LogP contribution in [0.2, 0.25) is 0 Å². The van der Waals surface area contributed by atoms with E-state index in [0.717, 1.165) is 31.2 Å². The largest absolute Gasteiger partial charge is 0.493 e. The molecule has 26 heavy (non-hydrogen) atoms. The lowest BCUT2D eigenvalue weighted by Gasteiger charge is -2.15. The predicted octanol–water partition coefficient (Wildman–Crippen LogP) is 4.79. The van der Waals surface area contributed by atoms with Crippen molar-refractivity contribution in [1.29, 1.82) is 0 Å². The highest BCUT2D eigenvalue weighted by Gasteiger charge is 2.14. The Labute approximate surface area is 168 Å². The number of rotatable bonds is 6. The van der Waals surface area contributed by atoms with Gasteiger partial charge in [0.15, 0.2) is 11.5 Å². The molecule has 0 aliphatic rings. The number of fused-ring (bicyclic) bond motifs is 1. The van der Waals surface area contributed by atoms with E-state index in [9.17, 15) is 0 Å². The van der Waals surface area contributed by atoms with Crippen LogP contribution in [0.3, 0.4) is 0 Å². The summed E-state index contributed by atoms with van der Waals surface area (Å²) in [5.74, 6) is 2.54. The van der Waals surface area contributed by atoms with Gasteiger partial charge < -0.3 is 19.5 Å². The molecule has 0 amide bonds. The number of anilines is 1. The van der Waals surface area contributed by atoms with Gasteiger partial charge in [0.25, 0.3) is 0 Å². The second-order valence-electron chi connectivity index (χ2n) is 5.39. The third-order valence-corrected chi connectivity index (χ3v) is 4.90. The molecule has 8 heteroatoms. The zero-order chi connectivity index (χ0) is 18.7. The van der Waals surface area contributed by atoms with Crippen LogP contribution in [0, 0.1) is 0 Å². The molecule has 0 aliphatic heterocycles. The molecule has 0 bridgehead atoms. The molecule has 0 atom stereocenters. The lowest BCUT2D eigenvalue weighted by atomic mass is 10.1. The molecule has 0 unspecified atom stereocenters. The number of hydrogen-bond donors (Lipinski definition) is 1. The molecule has 3 aromatic rings. The lowest BCUT2D eigenvalue weighted by Crippen LogP contribution is -2.04. The maximum Gasteiger partial charge on any atom is 0.203 e. The van der Waals surface area contributed by atoms with Gasteiger partial charge in [-0.05, 0) is 45.8 Å². The molecule has 0 saturated carbocycles. The number of nitrogens with zero attached hydrogens (tertiary/aromatic N) is 2. The summed E-state index contributed by atoms with van der Waals surface area (Å²) in [7, 11) is 4.78. The van der Waals surface area contributed by atoms with Crippen LogP contribution in [0.4, 0.5) is 5.82 Å². The van der Waals surface area contributed by atoms with Gasteiger partial charge in [-0.25, -0.2) is 9.97 Å². The van der Waals surface area contributed by atoms with Gasteiger partial charge in [-0.15, -0.1) is 0 Å². The molecule has 3 rings (SSSR count). The van der Waals surface area contributed by atoms with E-state index in [0.29, 0.717) is 23.8 Å². The van der Waals surface area contributed by atoms with E-state index in [1.54, 1.807) is 27.7 Å². The van der Waals surface area contributed by atoms with Crippen molar-refractivity contribution in [3.8, 4) is 17.2 Å². The number of halogens is 2. The molecular weight excluding hydrogens is 466 g/mol. The van der Waals surface area contributed by atoms with Crippen molar-refractivity contribution in [2.75, 3.05) is 26.6 Å². The molecule has 6 nitrogen and oxygen atoms in total. The molecular formula is C18H17Br2N3O3. The van der Waals surface area contributed by atoms with Crippen LogP contribution in [0.25, 0.3) is 10.9 Å². The number of nitrogens with one attached hydrogen (secondary N) is 1. The van der Waals surface area contributed by atoms with Gasteiger partial charge in [0.2, 0.25) is 5.75 Å². The van der Waals surface area contributed by atoms with Crippen LogP contribution in [0.15, 0.2) is 39.5 Å². The monoisotopic (exact) mass is 481 g/mol. The van der Waals surface area contributed by atoms with E-state index in [1.165, 1.54) is 0 Å². The van der Waals surface area contributed by atoms with Gasteiger partial charge in [-0.2, -0.15) is 0 Å². The number of aromatic nitrogens is 2. The highest BCUT2D eigenvalue weighted by molar-refractivity contribution is 9.11. The van der Waals surface area contributed by atoms with Crippen molar-refractivity contribution in [2.45, 2.75) is 6.54 Å². The molecule has 0 radical (unpaired) electrons. The third-order valence-electron chi connectivity index (χ3n) is 3.84. The van der Waals surface area contributed by atoms with E-state index in [2.05, 4.69) is 47.1 Å². The van der Waals surface area contributed by atoms with Crippen molar-refractivity contribution in [2.24, 2.45) is 0 Å². The zero-order valence-electron chi connectivity index (χ0n) is 14.5. The molecule has 136 valence electrons. The Hall–Kier alpha value is -2.06. The summed E-state index contributed by atoms with van der Waals surface area (Å²) in [6, 6.07) is 7.75. The minimum Gasteiger partial charge on any atom is -0.493 e. The van der Waals surface area contributed by atoms with Crippen molar-refractivity contribution in [1.82, 2.24) is 9.97 Å². The van der Waals surface area contributed by atoms with Crippen LogP contribution in [-0.2, 0) is 6.54 Å². The number of benzene rings is 2. The van der Waals surface area contributed by atoms with Gasteiger partial charge >= 0.3 is 0 Å². The SMILES string of the molecule is COc1cc(CNc2ncnc3c(Br)cc(Br)cc23)cc(OC)c1OC. The van der Waals surface area contributed by atoms with Crippen LogP contribution in [0.1, 0.15) is 5.56 Å². The smallest absolute Gasteiger partial charge is 0.203 e. The van der Waals surface area contributed by atoms with E-state index in [4.69, 9.17) is 14.2 Å². The molecule has 2 aromatic carbocycles. The first-order valence-electron chi connectivity index (χ1n) is 7.70. The van der Waals surface area contributed by atoms with Crippen LogP contribution in [0.5, 0.6) is 17.2 Å². The normalized spacial score (nSPS) is 10.7. The summed E-state index contributed by atoms with van der Waals surface area (Å²) in [5.41, 5.74) is 1.82. The minimum atomic E-state index is 0.535. The van der Waals surface area contributed by atoms with Crippen LogP contribution < -0.4 is 19.5 Å². The Balaban J connectivity index is 1.93. The van der Waals surface area contributed by atoms with Gasteiger partial charge in [-0.1, -0.05) is 15.9 Å². The topological polar surface area (TPSA) is 65.5 Å². The summed E-state index contributed by atoms with van der Waals surface area (Å²) in [4.78, 5) is 8.71. The van der Waals surface area contributed by atoms with Crippen molar-refractivity contribution < 1.29 is 14.2 Å².